The van der Waals surface area contributed by atoms with Crippen LogP contribution in [0.2, 0.25) is 0 Å². The lowest BCUT2D eigenvalue weighted by Crippen LogP contribution is -2.66. The molecule has 26 heavy (non-hydrogen) atoms. The molecule has 6 unspecified atom stereocenters. The lowest BCUT2D eigenvalue weighted by Gasteiger charge is -2.47. The molecule has 3 rings (SSSR count). The highest BCUT2D eigenvalue weighted by Crippen LogP contribution is 2.34. The number of amides is 1. The van der Waals surface area contributed by atoms with Crippen LogP contribution in [0.1, 0.15) is 32.6 Å². The number of fused-ring (bicyclic) bond motifs is 1. The molecule has 2 N–H and O–H groups in total. The van der Waals surface area contributed by atoms with E-state index in [2.05, 4.69) is 5.32 Å². The fraction of sp³-hybridized carbons (Fsp3) is 0.632. The quantitative estimate of drug-likeness (QED) is 0.820. The van der Waals surface area contributed by atoms with Gasteiger partial charge >= 0.3 is 0 Å². The second kappa shape index (κ2) is 8.45. The Kier molecular flexibility index (Phi) is 6.26. The maximum Gasteiger partial charge on any atom is 0.217 e. The van der Waals surface area contributed by atoms with Gasteiger partial charge in [0.25, 0.3) is 0 Å². The van der Waals surface area contributed by atoms with Gasteiger partial charge in [-0.15, -0.1) is 0 Å². The van der Waals surface area contributed by atoms with Crippen LogP contribution >= 0.6 is 0 Å². The molecule has 0 saturated carbocycles. The average molecular weight is 365 g/mol. The van der Waals surface area contributed by atoms with Crippen molar-refractivity contribution >= 4 is 5.91 Å². The summed E-state index contributed by atoms with van der Waals surface area (Å²) in [5.74, 6) is 0.0358. The number of hydrogen-bond acceptors (Lipinski definition) is 6. The van der Waals surface area contributed by atoms with Gasteiger partial charge in [0.05, 0.1) is 13.2 Å². The van der Waals surface area contributed by atoms with Gasteiger partial charge in [0.15, 0.2) is 12.6 Å². The third-order valence-electron chi connectivity index (χ3n) is 4.40. The first-order chi connectivity index (χ1) is 12.5. The van der Waals surface area contributed by atoms with Gasteiger partial charge in [0, 0.05) is 12.5 Å². The summed E-state index contributed by atoms with van der Waals surface area (Å²) in [4.78, 5) is 11.6. The molecule has 2 aliphatic heterocycles. The zero-order valence-corrected chi connectivity index (χ0v) is 15.3. The van der Waals surface area contributed by atoms with E-state index in [1.165, 1.54) is 6.92 Å². The van der Waals surface area contributed by atoms with Gasteiger partial charge < -0.3 is 29.4 Å². The van der Waals surface area contributed by atoms with E-state index in [0.717, 1.165) is 5.56 Å². The van der Waals surface area contributed by atoms with E-state index in [9.17, 15) is 9.90 Å². The molecule has 1 aromatic rings. The van der Waals surface area contributed by atoms with Gasteiger partial charge in [0.2, 0.25) is 5.91 Å². The van der Waals surface area contributed by atoms with Crippen molar-refractivity contribution in [3.05, 3.63) is 35.9 Å². The lowest BCUT2D eigenvalue weighted by atomic mass is 9.95. The van der Waals surface area contributed by atoms with Crippen LogP contribution in [0, 0.1) is 5.92 Å². The predicted molar refractivity (Wildman–Crippen MR) is 93.1 cm³/mol. The number of aliphatic hydroxyl groups excluding tert-OH is 1. The minimum atomic E-state index is -0.968. The first-order valence-electron chi connectivity index (χ1n) is 9.00. The van der Waals surface area contributed by atoms with E-state index in [1.807, 2.05) is 44.2 Å². The van der Waals surface area contributed by atoms with Gasteiger partial charge in [-0.25, -0.2) is 0 Å². The van der Waals surface area contributed by atoms with Crippen LogP contribution in [0.25, 0.3) is 0 Å². The molecule has 0 aliphatic carbocycles. The van der Waals surface area contributed by atoms with E-state index >= 15 is 0 Å². The van der Waals surface area contributed by atoms with Gasteiger partial charge in [-0.2, -0.15) is 0 Å². The van der Waals surface area contributed by atoms with E-state index in [1.54, 1.807) is 0 Å². The monoisotopic (exact) mass is 365 g/mol. The molecule has 7 heteroatoms. The smallest absolute Gasteiger partial charge is 0.217 e. The van der Waals surface area contributed by atoms with Crippen molar-refractivity contribution < 1.29 is 28.8 Å². The van der Waals surface area contributed by atoms with Crippen molar-refractivity contribution in [2.75, 3.05) is 13.2 Å². The third-order valence-corrected chi connectivity index (χ3v) is 4.40. The van der Waals surface area contributed by atoms with Crippen molar-refractivity contribution in [1.82, 2.24) is 5.32 Å². The Morgan fingerprint density at radius 1 is 1.31 bits per heavy atom. The van der Waals surface area contributed by atoms with Crippen molar-refractivity contribution in [3.8, 4) is 0 Å². The summed E-state index contributed by atoms with van der Waals surface area (Å²) < 4.78 is 23.5. The summed E-state index contributed by atoms with van der Waals surface area (Å²) in [6.07, 6.45) is -3.39. The molecule has 2 saturated heterocycles. The molecule has 1 amide bonds. The Morgan fingerprint density at radius 3 is 2.69 bits per heavy atom. The van der Waals surface area contributed by atoms with E-state index < -0.39 is 36.9 Å². The van der Waals surface area contributed by atoms with Crippen molar-refractivity contribution in [3.63, 3.8) is 0 Å². The molecule has 7 nitrogen and oxygen atoms in total. The minimum absolute atomic E-state index is 0.263. The Balaban J connectivity index is 1.73. The molecule has 144 valence electrons. The highest BCUT2D eigenvalue weighted by atomic mass is 16.7. The van der Waals surface area contributed by atoms with Crippen LogP contribution < -0.4 is 5.32 Å². The molecule has 2 fully saturated rings. The predicted octanol–water partition coefficient (Wildman–Crippen LogP) is 1.36. The Morgan fingerprint density at radius 2 is 2.04 bits per heavy atom. The van der Waals surface area contributed by atoms with Crippen LogP contribution in [-0.2, 0) is 23.7 Å². The number of carbonyl (C=O) groups is 1. The Hall–Kier alpha value is -1.51. The van der Waals surface area contributed by atoms with Crippen LogP contribution in [0.5, 0.6) is 0 Å². The molecule has 2 heterocycles. The summed E-state index contributed by atoms with van der Waals surface area (Å²) in [5.41, 5.74) is 0.868. The minimum Gasteiger partial charge on any atom is -0.388 e. The molecular formula is C19H27NO6. The summed E-state index contributed by atoms with van der Waals surface area (Å²) in [6, 6.07) is 8.82. The first kappa shape index (κ1) is 19.3. The van der Waals surface area contributed by atoms with Gasteiger partial charge in [-0.05, 0) is 5.92 Å². The number of rotatable bonds is 5. The number of carbonyl (C=O) groups excluding carboxylic acids is 1. The van der Waals surface area contributed by atoms with Gasteiger partial charge in [0.1, 0.15) is 24.4 Å². The highest BCUT2D eigenvalue weighted by molar-refractivity contribution is 5.73. The zero-order chi connectivity index (χ0) is 18.7. The van der Waals surface area contributed by atoms with Crippen LogP contribution in [-0.4, -0.2) is 54.9 Å². The summed E-state index contributed by atoms with van der Waals surface area (Å²) in [5, 5.41) is 13.6. The molecule has 6 atom stereocenters. The molecule has 1 aromatic carbocycles. The summed E-state index contributed by atoms with van der Waals surface area (Å²) >= 11 is 0. The molecule has 2 aliphatic rings. The molecular weight excluding hydrogens is 338 g/mol. The standard InChI is InChI=1S/C19H27NO6/c1-11(2)9-23-19-15(20-12(3)21)16(22)17-14(25-19)10-24-18(26-17)13-7-5-4-6-8-13/h4-8,11,14-19,22H,9-10H2,1-3H3,(H,20,21). The average Bonchev–Trinajstić information content (AvgIpc) is 2.63. The second-order valence-corrected chi connectivity index (χ2v) is 7.16. The Bertz CT molecular complexity index is 595. The second-order valence-electron chi connectivity index (χ2n) is 7.16. The zero-order valence-electron chi connectivity index (χ0n) is 15.3. The van der Waals surface area contributed by atoms with Crippen molar-refractivity contribution in [2.45, 2.75) is 57.7 Å². The number of hydrogen-bond donors (Lipinski definition) is 2. The largest absolute Gasteiger partial charge is 0.388 e. The normalized spacial score (nSPS) is 34.3. The maximum atomic E-state index is 11.6. The van der Waals surface area contributed by atoms with Crippen molar-refractivity contribution in [1.29, 1.82) is 0 Å². The van der Waals surface area contributed by atoms with E-state index in [4.69, 9.17) is 18.9 Å². The SMILES string of the molecule is CC(=O)NC1C(OCC(C)C)OC2COC(c3ccccc3)OC2C1O. The highest BCUT2D eigenvalue weighted by Gasteiger charge is 2.50. The summed E-state index contributed by atoms with van der Waals surface area (Å²) in [7, 11) is 0. The molecule has 0 bridgehead atoms. The lowest BCUT2D eigenvalue weighted by molar-refractivity contribution is -0.344. The first-order valence-corrected chi connectivity index (χ1v) is 9.00. The fourth-order valence-electron chi connectivity index (χ4n) is 3.19. The van der Waals surface area contributed by atoms with Crippen LogP contribution in [0.15, 0.2) is 30.3 Å². The van der Waals surface area contributed by atoms with Crippen LogP contribution in [0.3, 0.4) is 0 Å². The maximum absolute atomic E-state index is 11.6. The topological polar surface area (TPSA) is 86.3 Å². The van der Waals surface area contributed by atoms with E-state index in [0.29, 0.717) is 12.5 Å². The number of ether oxygens (including phenoxy) is 4. The third kappa shape index (κ3) is 4.42. The van der Waals surface area contributed by atoms with Gasteiger partial charge in [-0.1, -0.05) is 44.2 Å². The summed E-state index contributed by atoms with van der Waals surface area (Å²) in [6.45, 7) is 6.17. The van der Waals surface area contributed by atoms with Crippen LogP contribution in [0.4, 0.5) is 0 Å². The van der Waals surface area contributed by atoms with Gasteiger partial charge in [-0.3, -0.25) is 4.79 Å². The number of benzene rings is 1. The fourth-order valence-corrected chi connectivity index (χ4v) is 3.19. The molecule has 0 radical (unpaired) electrons. The van der Waals surface area contributed by atoms with Crippen molar-refractivity contribution in [2.24, 2.45) is 5.92 Å². The Labute approximate surface area is 153 Å². The van der Waals surface area contributed by atoms with E-state index in [-0.39, 0.29) is 12.5 Å². The number of aliphatic hydroxyl groups is 1. The molecule has 0 spiro atoms. The number of nitrogens with one attached hydrogen (secondary N) is 1. The molecule has 0 aromatic heterocycles.